The number of aromatic amines is 1. The van der Waals surface area contributed by atoms with Gasteiger partial charge in [0, 0.05) is 16.7 Å². The Morgan fingerprint density at radius 1 is 1.02 bits per heavy atom. The molecular formula is C36H59N3O2. The Kier molecular flexibility index (Phi) is 14.0. The molecule has 5 nitrogen and oxygen atoms in total. The van der Waals surface area contributed by atoms with Crippen molar-refractivity contribution in [3.63, 3.8) is 0 Å². The van der Waals surface area contributed by atoms with Gasteiger partial charge in [-0.1, -0.05) is 91.2 Å². The molecular weight excluding hydrogens is 506 g/mol. The smallest absolute Gasteiger partial charge is 0.0933 e. The first-order chi connectivity index (χ1) is 19.8. The van der Waals surface area contributed by atoms with Crippen LogP contribution in [0, 0.1) is 17.3 Å². The minimum absolute atomic E-state index is 0.0663. The number of aromatic nitrogens is 2. The topological polar surface area (TPSA) is 81.2 Å². The highest BCUT2D eigenvalue weighted by molar-refractivity contribution is 5.85. The molecule has 0 bridgehead atoms. The number of allylic oxidation sites excluding steroid dienone is 3. The fraction of sp³-hybridized carbons (Fsp3) is 0.639. The molecule has 4 aliphatic rings. The number of rotatable bonds is 2. The highest BCUT2D eigenvalue weighted by Crippen LogP contribution is 2.61. The number of aliphatic hydroxyl groups is 2. The molecule has 6 rings (SSSR count). The average molecular weight is 566 g/mol. The third-order valence-corrected chi connectivity index (χ3v) is 9.07. The van der Waals surface area contributed by atoms with E-state index in [-0.39, 0.29) is 17.4 Å². The average Bonchev–Trinajstić information content (AvgIpc) is 3.57. The lowest BCUT2D eigenvalue weighted by Gasteiger charge is -2.48. The van der Waals surface area contributed by atoms with E-state index in [9.17, 15) is 10.2 Å². The van der Waals surface area contributed by atoms with Gasteiger partial charge >= 0.3 is 0 Å². The van der Waals surface area contributed by atoms with Gasteiger partial charge in [0.2, 0.25) is 0 Å². The second kappa shape index (κ2) is 16.4. The zero-order chi connectivity index (χ0) is 30.6. The predicted molar refractivity (Wildman–Crippen MR) is 177 cm³/mol. The predicted octanol–water partition coefficient (Wildman–Crippen LogP) is 8.61. The molecule has 230 valence electrons. The molecule has 0 aliphatic heterocycles. The van der Waals surface area contributed by atoms with Gasteiger partial charge < -0.3 is 15.5 Å². The molecule has 0 saturated heterocycles. The van der Waals surface area contributed by atoms with E-state index in [2.05, 4.69) is 72.7 Å². The standard InChI is InChI=1S/C26H30N2O2.C4H10.C2H7N.2C2H6/c1-25-10-9-20-13-18-14-21(29)4-2-16(18)8-11-26(20,30)24(25)7-5-22(25)17-3-6-23-19(12-17)15-27-28-23;1-3-4-2;1-3-2;2*1-2/h3,5-6,9,12-13,15-16,21,24,29-30H,2,4,7-8,10-11,14H2,1H3,(H,27,28);3-4H2,1-2H3;3H,1-2H3;2*1-2H3/t16?,21?,24?,25?,26-;;;;/m1..../s1. The molecule has 1 fully saturated rings. The Hall–Kier alpha value is -2.21. The van der Waals surface area contributed by atoms with Gasteiger partial charge in [0.15, 0.2) is 0 Å². The van der Waals surface area contributed by atoms with Gasteiger partial charge in [0.1, 0.15) is 0 Å². The summed E-state index contributed by atoms with van der Waals surface area (Å²) in [5.41, 5.74) is 5.29. The molecule has 4 unspecified atom stereocenters. The van der Waals surface area contributed by atoms with E-state index in [0.717, 1.165) is 61.4 Å². The molecule has 5 heteroatoms. The minimum Gasteiger partial charge on any atom is -0.393 e. The normalized spacial score (nSPS) is 29.3. The van der Waals surface area contributed by atoms with Crippen LogP contribution < -0.4 is 5.32 Å². The molecule has 1 aromatic heterocycles. The number of nitrogens with one attached hydrogen (secondary N) is 2. The first-order valence-electron chi connectivity index (χ1n) is 16.3. The summed E-state index contributed by atoms with van der Waals surface area (Å²) in [7, 11) is 3.75. The van der Waals surface area contributed by atoms with Crippen molar-refractivity contribution in [1.82, 2.24) is 15.5 Å². The van der Waals surface area contributed by atoms with Crippen LogP contribution in [0.25, 0.3) is 16.5 Å². The summed E-state index contributed by atoms with van der Waals surface area (Å²) in [4.78, 5) is 0. The number of aliphatic hydroxyl groups excluding tert-OH is 1. The molecule has 1 heterocycles. The van der Waals surface area contributed by atoms with Crippen molar-refractivity contribution in [2.75, 3.05) is 14.1 Å². The lowest BCUT2D eigenvalue weighted by molar-refractivity contribution is -0.0330. The number of nitrogens with zero attached hydrogens (tertiary/aromatic N) is 1. The maximum Gasteiger partial charge on any atom is 0.0933 e. The summed E-state index contributed by atoms with van der Waals surface area (Å²) >= 11 is 0. The first kappa shape index (κ1) is 35.0. The van der Waals surface area contributed by atoms with Crippen molar-refractivity contribution >= 4 is 16.5 Å². The Labute approximate surface area is 250 Å². The quantitative estimate of drug-likeness (QED) is 0.294. The third-order valence-electron chi connectivity index (χ3n) is 9.07. The molecule has 0 radical (unpaired) electrons. The summed E-state index contributed by atoms with van der Waals surface area (Å²) in [5, 5.41) is 33.4. The Balaban J connectivity index is 0.000000471. The number of H-pyrrole nitrogens is 1. The van der Waals surface area contributed by atoms with Crippen molar-refractivity contribution < 1.29 is 10.2 Å². The molecule has 4 N–H and O–H groups in total. The summed E-state index contributed by atoms with van der Waals surface area (Å²) in [6, 6.07) is 6.53. The van der Waals surface area contributed by atoms with Crippen LogP contribution in [0.2, 0.25) is 0 Å². The first-order valence-corrected chi connectivity index (χ1v) is 16.3. The molecule has 2 aromatic rings. The van der Waals surface area contributed by atoms with E-state index in [4.69, 9.17) is 0 Å². The number of benzene rings is 1. The number of unbranched alkanes of at least 4 members (excludes halogenated alkanes) is 1. The van der Waals surface area contributed by atoms with Crippen LogP contribution in [-0.4, -0.2) is 46.2 Å². The second-order valence-electron chi connectivity index (χ2n) is 11.7. The molecule has 0 amide bonds. The highest BCUT2D eigenvalue weighted by atomic mass is 16.3. The summed E-state index contributed by atoms with van der Waals surface area (Å²) in [6.45, 7) is 14.7. The zero-order valence-electron chi connectivity index (χ0n) is 27.5. The molecule has 4 aliphatic carbocycles. The lowest BCUT2D eigenvalue weighted by Crippen LogP contribution is -2.48. The van der Waals surface area contributed by atoms with Crippen molar-refractivity contribution in [1.29, 1.82) is 0 Å². The second-order valence-corrected chi connectivity index (χ2v) is 11.7. The number of hydrogen-bond acceptors (Lipinski definition) is 4. The maximum atomic E-state index is 12.1. The summed E-state index contributed by atoms with van der Waals surface area (Å²) < 4.78 is 0. The van der Waals surface area contributed by atoms with Gasteiger partial charge in [-0.15, -0.1) is 0 Å². The van der Waals surface area contributed by atoms with Crippen LogP contribution in [0.4, 0.5) is 0 Å². The van der Waals surface area contributed by atoms with E-state index in [1.165, 1.54) is 29.6 Å². The molecule has 1 aromatic carbocycles. The van der Waals surface area contributed by atoms with Gasteiger partial charge in [-0.2, -0.15) is 5.10 Å². The van der Waals surface area contributed by atoms with Crippen LogP contribution >= 0.6 is 0 Å². The minimum atomic E-state index is -0.777. The van der Waals surface area contributed by atoms with Gasteiger partial charge in [0.25, 0.3) is 0 Å². The Morgan fingerprint density at radius 3 is 2.37 bits per heavy atom. The van der Waals surface area contributed by atoms with E-state index >= 15 is 0 Å². The van der Waals surface area contributed by atoms with Gasteiger partial charge in [-0.3, -0.25) is 5.10 Å². The van der Waals surface area contributed by atoms with E-state index in [1.807, 2.05) is 48.0 Å². The SMILES string of the molecule is CC.CC.CC12CC=C3C=C4CC(O)CCC4CC[C@]3(O)C1CC=C2c1ccc2[nH]ncc2c1.CCCC.CNC. The number of hydrogen-bond donors (Lipinski definition) is 4. The van der Waals surface area contributed by atoms with Crippen molar-refractivity contribution in [2.45, 2.75) is 118 Å². The monoisotopic (exact) mass is 565 g/mol. The van der Waals surface area contributed by atoms with Crippen molar-refractivity contribution in [2.24, 2.45) is 17.3 Å². The number of fused-ring (bicyclic) bond motifs is 5. The summed E-state index contributed by atoms with van der Waals surface area (Å²) in [6.07, 6.45) is 17.6. The van der Waals surface area contributed by atoms with Crippen LogP contribution in [0.3, 0.4) is 0 Å². The van der Waals surface area contributed by atoms with E-state index < -0.39 is 5.60 Å². The molecule has 5 atom stereocenters. The zero-order valence-corrected chi connectivity index (χ0v) is 27.5. The highest BCUT2D eigenvalue weighted by Gasteiger charge is 2.55. The molecule has 1 saturated carbocycles. The summed E-state index contributed by atoms with van der Waals surface area (Å²) in [5.74, 6) is 0.717. The van der Waals surface area contributed by atoms with Gasteiger partial charge in [-0.05, 0) is 93.8 Å². The third kappa shape index (κ3) is 7.60. The van der Waals surface area contributed by atoms with Gasteiger partial charge in [-0.25, -0.2) is 0 Å². The molecule has 0 spiro atoms. The van der Waals surface area contributed by atoms with Crippen LogP contribution in [0.1, 0.15) is 112 Å². The van der Waals surface area contributed by atoms with Crippen molar-refractivity contribution in [3.05, 3.63) is 59.3 Å². The van der Waals surface area contributed by atoms with Crippen LogP contribution in [0.5, 0.6) is 0 Å². The van der Waals surface area contributed by atoms with Crippen LogP contribution in [0.15, 0.2) is 53.8 Å². The Morgan fingerprint density at radius 2 is 1.71 bits per heavy atom. The van der Waals surface area contributed by atoms with Crippen LogP contribution in [-0.2, 0) is 0 Å². The fourth-order valence-electron chi connectivity index (χ4n) is 6.87. The Bertz CT molecular complexity index is 1160. The lowest BCUT2D eigenvalue weighted by atomic mass is 9.58. The fourth-order valence-corrected chi connectivity index (χ4v) is 6.87. The van der Waals surface area contributed by atoms with E-state index in [0.29, 0.717) is 5.92 Å². The molecule has 41 heavy (non-hydrogen) atoms. The van der Waals surface area contributed by atoms with E-state index in [1.54, 1.807) is 0 Å². The maximum absolute atomic E-state index is 12.1. The van der Waals surface area contributed by atoms with Crippen molar-refractivity contribution in [3.8, 4) is 0 Å². The van der Waals surface area contributed by atoms with Gasteiger partial charge in [0.05, 0.1) is 23.4 Å². The largest absolute Gasteiger partial charge is 0.393 e.